The maximum Gasteiger partial charge on any atom is 0.409 e. The number of hydrogen-bond donors (Lipinski definition) is 2. The van der Waals surface area contributed by atoms with Crippen LogP contribution in [0.4, 0.5) is 10.5 Å². The summed E-state index contributed by atoms with van der Waals surface area (Å²) in [6.07, 6.45) is 0.183. The molecule has 0 saturated heterocycles. The average molecular weight is 283 g/mol. The van der Waals surface area contributed by atoms with Gasteiger partial charge in [-0.15, -0.1) is 0 Å². The number of nitrogens with zero attached hydrogens (tertiary/aromatic N) is 1. The molecule has 0 aliphatic carbocycles. The van der Waals surface area contributed by atoms with Crippen LogP contribution in [0.3, 0.4) is 0 Å². The van der Waals surface area contributed by atoms with Crippen molar-refractivity contribution in [2.75, 3.05) is 5.32 Å². The second-order valence-electron chi connectivity index (χ2n) is 3.46. The van der Waals surface area contributed by atoms with Crippen molar-refractivity contribution >= 4 is 35.0 Å². The lowest BCUT2D eigenvalue weighted by molar-refractivity contribution is 0.210. The monoisotopic (exact) mass is 282 g/mol. The molecule has 0 saturated carbocycles. The van der Waals surface area contributed by atoms with Crippen LogP contribution in [0, 0.1) is 0 Å². The molecule has 1 heterocycles. The van der Waals surface area contributed by atoms with E-state index in [1.165, 1.54) is 6.20 Å². The van der Waals surface area contributed by atoms with Crippen molar-refractivity contribution < 1.29 is 9.90 Å². The summed E-state index contributed by atoms with van der Waals surface area (Å²) < 4.78 is 0. The summed E-state index contributed by atoms with van der Waals surface area (Å²) in [5.41, 5.74) is 1.61. The molecule has 0 unspecified atom stereocenters. The van der Waals surface area contributed by atoms with Crippen molar-refractivity contribution in [1.29, 1.82) is 0 Å². The molecule has 6 heteroatoms. The second-order valence-corrected chi connectivity index (χ2v) is 4.26. The molecule has 0 aliphatic heterocycles. The van der Waals surface area contributed by atoms with Crippen molar-refractivity contribution in [3.05, 3.63) is 46.7 Å². The lowest BCUT2D eigenvalue weighted by Crippen LogP contribution is -2.08. The SMILES string of the molecule is O=C(O)Nc1cnc(Cl)cc1-c1ccccc1Cl. The van der Waals surface area contributed by atoms with Crippen LogP contribution in [-0.4, -0.2) is 16.2 Å². The largest absolute Gasteiger partial charge is 0.465 e. The third-order valence-corrected chi connectivity index (χ3v) is 2.81. The highest BCUT2D eigenvalue weighted by Gasteiger charge is 2.11. The number of carbonyl (C=O) groups is 1. The predicted octanol–water partition coefficient (Wildman–Crippen LogP) is 4.15. The number of pyridine rings is 1. The van der Waals surface area contributed by atoms with Gasteiger partial charge in [0.1, 0.15) is 5.15 Å². The third-order valence-electron chi connectivity index (χ3n) is 2.28. The van der Waals surface area contributed by atoms with E-state index in [-0.39, 0.29) is 5.15 Å². The molecule has 1 aromatic heterocycles. The molecule has 4 nitrogen and oxygen atoms in total. The summed E-state index contributed by atoms with van der Waals surface area (Å²) in [6, 6.07) is 8.66. The van der Waals surface area contributed by atoms with Gasteiger partial charge in [-0.3, -0.25) is 5.32 Å². The van der Waals surface area contributed by atoms with Crippen LogP contribution >= 0.6 is 23.2 Å². The maximum absolute atomic E-state index is 10.7. The van der Waals surface area contributed by atoms with Crippen LogP contribution in [-0.2, 0) is 0 Å². The van der Waals surface area contributed by atoms with Crippen LogP contribution in [0.1, 0.15) is 0 Å². The summed E-state index contributed by atoms with van der Waals surface area (Å²) in [5, 5.41) is 11.8. The zero-order chi connectivity index (χ0) is 13.1. The van der Waals surface area contributed by atoms with E-state index in [1.807, 2.05) is 0 Å². The number of amides is 1. The first-order valence-corrected chi connectivity index (χ1v) is 5.74. The Morgan fingerprint density at radius 1 is 1.22 bits per heavy atom. The Bertz CT molecular complexity index is 602. The Hall–Kier alpha value is -1.78. The Balaban J connectivity index is 2.58. The van der Waals surface area contributed by atoms with Gasteiger partial charge in [-0.05, 0) is 12.1 Å². The highest BCUT2D eigenvalue weighted by molar-refractivity contribution is 6.34. The van der Waals surface area contributed by atoms with Gasteiger partial charge in [-0.25, -0.2) is 9.78 Å². The van der Waals surface area contributed by atoms with Crippen molar-refractivity contribution in [3.8, 4) is 11.1 Å². The number of hydrogen-bond acceptors (Lipinski definition) is 2. The fourth-order valence-corrected chi connectivity index (χ4v) is 1.94. The number of halogens is 2. The Kier molecular flexibility index (Phi) is 3.69. The zero-order valence-corrected chi connectivity index (χ0v) is 10.5. The molecule has 0 bridgehead atoms. The smallest absolute Gasteiger partial charge is 0.409 e. The molecule has 2 aromatic rings. The summed E-state index contributed by atoms with van der Waals surface area (Å²) in [6.45, 7) is 0. The van der Waals surface area contributed by atoms with E-state index in [9.17, 15) is 4.79 Å². The van der Waals surface area contributed by atoms with E-state index in [4.69, 9.17) is 28.3 Å². The number of anilines is 1. The molecule has 0 spiro atoms. The van der Waals surface area contributed by atoms with E-state index >= 15 is 0 Å². The number of rotatable bonds is 2. The number of aromatic nitrogens is 1. The van der Waals surface area contributed by atoms with Gasteiger partial charge < -0.3 is 5.11 Å². The van der Waals surface area contributed by atoms with Crippen LogP contribution in [0.25, 0.3) is 11.1 Å². The van der Waals surface area contributed by atoms with Crippen molar-refractivity contribution in [2.45, 2.75) is 0 Å². The summed E-state index contributed by atoms with van der Waals surface area (Å²) in [7, 11) is 0. The first kappa shape index (κ1) is 12.7. The minimum Gasteiger partial charge on any atom is -0.465 e. The highest BCUT2D eigenvalue weighted by atomic mass is 35.5. The van der Waals surface area contributed by atoms with Gasteiger partial charge in [0.2, 0.25) is 0 Å². The van der Waals surface area contributed by atoms with Gasteiger partial charge in [0, 0.05) is 16.1 Å². The molecular weight excluding hydrogens is 275 g/mol. The van der Waals surface area contributed by atoms with Crippen molar-refractivity contribution in [1.82, 2.24) is 4.98 Å². The average Bonchev–Trinajstić information content (AvgIpc) is 2.32. The van der Waals surface area contributed by atoms with Gasteiger partial charge in [0.25, 0.3) is 0 Å². The molecule has 1 aromatic carbocycles. The van der Waals surface area contributed by atoms with Gasteiger partial charge in [-0.1, -0.05) is 41.4 Å². The second kappa shape index (κ2) is 5.25. The van der Waals surface area contributed by atoms with Crippen LogP contribution in [0.5, 0.6) is 0 Å². The summed E-state index contributed by atoms with van der Waals surface area (Å²) in [4.78, 5) is 14.6. The summed E-state index contributed by atoms with van der Waals surface area (Å²) in [5.74, 6) is 0. The molecular formula is C12H8Cl2N2O2. The van der Waals surface area contributed by atoms with E-state index in [0.29, 0.717) is 21.8 Å². The van der Waals surface area contributed by atoms with Gasteiger partial charge in [-0.2, -0.15) is 0 Å². The number of carboxylic acid groups (broad SMARTS) is 1. The van der Waals surface area contributed by atoms with Gasteiger partial charge >= 0.3 is 6.09 Å². The topological polar surface area (TPSA) is 62.2 Å². The first-order valence-electron chi connectivity index (χ1n) is 4.98. The molecule has 0 atom stereocenters. The molecule has 2 N–H and O–H groups in total. The van der Waals surface area contributed by atoms with Crippen LogP contribution < -0.4 is 5.32 Å². The molecule has 92 valence electrons. The van der Waals surface area contributed by atoms with Crippen molar-refractivity contribution in [2.24, 2.45) is 0 Å². The lowest BCUT2D eigenvalue weighted by Gasteiger charge is -2.10. The number of benzene rings is 1. The standard InChI is InChI=1S/C12H8Cl2N2O2/c13-9-4-2-1-3-7(9)8-5-11(14)15-6-10(8)16-12(17)18/h1-6,16H,(H,17,18). The molecule has 0 radical (unpaired) electrons. The summed E-state index contributed by atoms with van der Waals surface area (Å²) >= 11 is 11.9. The molecule has 1 amide bonds. The van der Waals surface area contributed by atoms with Crippen LogP contribution in [0.15, 0.2) is 36.5 Å². The number of nitrogens with one attached hydrogen (secondary N) is 1. The third kappa shape index (κ3) is 2.72. The minimum atomic E-state index is -1.17. The Morgan fingerprint density at radius 3 is 2.61 bits per heavy atom. The highest BCUT2D eigenvalue weighted by Crippen LogP contribution is 2.34. The maximum atomic E-state index is 10.7. The molecule has 0 fully saturated rings. The fourth-order valence-electron chi connectivity index (χ4n) is 1.55. The molecule has 18 heavy (non-hydrogen) atoms. The normalized spacial score (nSPS) is 10.1. The van der Waals surface area contributed by atoms with Crippen molar-refractivity contribution in [3.63, 3.8) is 0 Å². The fraction of sp³-hybridized carbons (Fsp3) is 0. The predicted molar refractivity (Wildman–Crippen MR) is 71.3 cm³/mol. The Morgan fingerprint density at radius 2 is 1.94 bits per heavy atom. The Labute approximate surface area is 113 Å². The quantitative estimate of drug-likeness (QED) is 0.814. The molecule has 0 aliphatic rings. The van der Waals surface area contributed by atoms with E-state index < -0.39 is 6.09 Å². The molecule has 2 rings (SSSR count). The van der Waals surface area contributed by atoms with Gasteiger partial charge in [0.05, 0.1) is 11.9 Å². The first-order chi connectivity index (χ1) is 8.58. The van der Waals surface area contributed by atoms with E-state index in [2.05, 4.69) is 10.3 Å². The minimum absolute atomic E-state index is 0.265. The van der Waals surface area contributed by atoms with E-state index in [0.717, 1.165) is 0 Å². The van der Waals surface area contributed by atoms with Crippen LogP contribution in [0.2, 0.25) is 10.2 Å². The lowest BCUT2D eigenvalue weighted by atomic mass is 10.1. The van der Waals surface area contributed by atoms with E-state index in [1.54, 1.807) is 30.3 Å². The zero-order valence-electron chi connectivity index (χ0n) is 9.02. The van der Waals surface area contributed by atoms with Gasteiger partial charge in [0.15, 0.2) is 0 Å².